The van der Waals surface area contributed by atoms with Crippen LogP contribution in [0.2, 0.25) is 0 Å². The van der Waals surface area contributed by atoms with Crippen LogP contribution in [0.5, 0.6) is 0 Å². The first-order valence-corrected chi connectivity index (χ1v) is 5.92. The second-order valence-electron chi connectivity index (χ2n) is 3.99. The topological polar surface area (TPSA) is 89.6 Å². The highest BCUT2D eigenvalue weighted by atomic mass is 16.5. The van der Waals surface area contributed by atoms with Gasteiger partial charge in [-0.05, 0) is 18.4 Å². The second kappa shape index (κ2) is 14.2. The van der Waals surface area contributed by atoms with Gasteiger partial charge in [-0.25, -0.2) is 0 Å². The van der Waals surface area contributed by atoms with Crippen LogP contribution in [0, 0.1) is 5.92 Å². The molecule has 0 saturated carbocycles. The number of amides is 1. The molecule has 0 spiro atoms. The van der Waals surface area contributed by atoms with Gasteiger partial charge < -0.3 is 15.6 Å². The van der Waals surface area contributed by atoms with Crippen LogP contribution < -0.4 is 5.73 Å². The van der Waals surface area contributed by atoms with Crippen molar-refractivity contribution in [1.82, 2.24) is 0 Å². The van der Waals surface area contributed by atoms with Crippen molar-refractivity contribution in [2.75, 3.05) is 0 Å². The Kier molecular flexibility index (Phi) is 14.5. The van der Waals surface area contributed by atoms with E-state index in [0.29, 0.717) is 12.0 Å². The van der Waals surface area contributed by atoms with E-state index in [1.165, 1.54) is 5.56 Å². The zero-order chi connectivity index (χ0) is 15.1. The van der Waals surface area contributed by atoms with Gasteiger partial charge in [-0.1, -0.05) is 44.2 Å². The zero-order valence-electron chi connectivity index (χ0n) is 11.7. The van der Waals surface area contributed by atoms with Gasteiger partial charge in [0.05, 0.1) is 12.7 Å². The number of carbonyl (C=O) groups excluding carboxylic acids is 1. The van der Waals surface area contributed by atoms with Gasteiger partial charge in [0.15, 0.2) is 0 Å². The summed E-state index contributed by atoms with van der Waals surface area (Å²) in [6, 6.07) is 10.3. The number of primary amides is 1. The van der Waals surface area contributed by atoms with E-state index in [1.807, 2.05) is 18.2 Å². The Morgan fingerprint density at radius 3 is 2.00 bits per heavy atom. The fraction of sp³-hybridized carbons (Fsp3) is 0.429. The Morgan fingerprint density at radius 2 is 1.63 bits per heavy atom. The van der Waals surface area contributed by atoms with Crippen LogP contribution in [-0.4, -0.2) is 24.1 Å². The van der Waals surface area contributed by atoms with Crippen molar-refractivity contribution in [1.29, 1.82) is 0 Å². The lowest BCUT2D eigenvalue weighted by Gasteiger charge is -2.16. The first-order chi connectivity index (χ1) is 9.03. The molecular weight excluding hydrogens is 246 g/mol. The quantitative estimate of drug-likeness (QED) is 0.818. The summed E-state index contributed by atoms with van der Waals surface area (Å²) >= 11 is 0. The van der Waals surface area contributed by atoms with Crippen molar-refractivity contribution in [3.63, 3.8) is 0 Å². The molecule has 1 aromatic rings. The van der Waals surface area contributed by atoms with Gasteiger partial charge in [0.2, 0.25) is 6.41 Å². The summed E-state index contributed by atoms with van der Waals surface area (Å²) in [6.45, 7) is 6.94. The molecule has 5 nitrogen and oxygen atoms in total. The van der Waals surface area contributed by atoms with Crippen molar-refractivity contribution < 1.29 is 19.4 Å². The Balaban J connectivity index is 0. The minimum absolute atomic E-state index is 0.250. The van der Waals surface area contributed by atoms with Crippen LogP contribution in [0.25, 0.3) is 0 Å². The van der Waals surface area contributed by atoms with E-state index in [1.54, 1.807) is 0 Å². The summed E-state index contributed by atoms with van der Waals surface area (Å²) in [6.07, 6.45) is 0.584. The van der Waals surface area contributed by atoms with Gasteiger partial charge in [-0.15, -0.1) is 0 Å². The van der Waals surface area contributed by atoms with Crippen LogP contribution in [0.4, 0.5) is 0 Å². The molecule has 0 aliphatic heterocycles. The summed E-state index contributed by atoms with van der Waals surface area (Å²) in [5.41, 5.74) is 5.41. The Bertz CT molecular complexity index is 308. The third kappa shape index (κ3) is 14.1. The minimum atomic E-state index is -0.250. The van der Waals surface area contributed by atoms with Crippen LogP contribution >= 0.6 is 0 Å². The maximum atomic E-state index is 8.58. The third-order valence-corrected chi connectivity index (χ3v) is 2.29. The fourth-order valence-electron chi connectivity index (χ4n) is 0.994. The van der Waals surface area contributed by atoms with Gasteiger partial charge in [0, 0.05) is 0 Å². The molecule has 1 aromatic carbocycles. The standard InChI is InChI=1S/C12H18O.CH3NO.CH2O2/c1-10(2)11(3)13-9-12-7-5-4-6-8-12;2*2-1-3/h4-8,10-11H,9H2,1-3H3;1H,(H2,2,3);1H,(H,2,3). The minimum Gasteiger partial charge on any atom is -0.483 e. The first kappa shape index (κ1) is 19.5. The lowest BCUT2D eigenvalue weighted by atomic mass is 10.1. The third-order valence-electron chi connectivity index (χ3n) is 2.29. The Labute approximate surface area is 114 Å². The molecule has 108 valence electrons. The van der Waals surface area contributed by atoms with Crippen molar-refractivity contribution in [3.8, 4) is 0 Å². The Hall–Kier alpha value is -1.88. The highest BCUT2D eigenvalue weighted by Gasteiger charge is 2.06. The number of nitrogens with two attached hydrogens (primary N) is 1. The van der Waals surface area contributed by atoms with Gasteiger partial charge in [0.25, 0.3) is 6.47 Å². The summed E-state index contributed by atoms with van der Waals surface area (Å²) in [5, 5.41) is 6.89. The maximum absolute atomic E-state index is 8.58. The van der Waals surface area contributed by atoms with Crippen LogP contribution in [0.15, 0.2) is 30.3 Å². The van der Waals surface area contributed by atoms with Crippen molar-refractivity contribution in [3.05, 3.63) is 35.9 Å². The monoisotopic (exact) mass is 269 g/mol. The number of hydrogen-bond acceptors (Lipinski definition) is 3. The molecule has 19 heavy (non-hydrogen) atoms. The second-order valence-corrected chi connectivity index (χ2v) is 3.99. The van der Waals surface area contributed by atoms with E-state index in [0.717, 1.165) is 6.61 Å². The number of benzene rings is 1. The van der Waals surface area contributed by atoms with Crippen LogP contribution in [0.1, 0.15) is 26.3 Å². The van der Waals surface area contributed by atoms with Gasteiger partial charge in [0.1, 0.15) is 0 Å². The highest BCUT2D eigenvalue weighted by Crippen LogP contribution is 2.09. The number of carboxylic acid groups (broad SMARTS) is 1. The van der Waals surface area contributed by atoms with E-state index in [2.05, 4.69) is 38.6 Å². The van der Waals surface area contributed by atoms with E-state index in [-0.39, 0.29) is 12.9 Å². The molecule has 3 N–H and O–H groups in total. The molecule has 1 amide bonds. The molecule has 0 heterocycles. The number of carbonyl (C=O) groups is 2. The number of ether oxygens (including phenoxy) is 1. The molecule has 1 unspecified atom stereocenters. The van der Waals surface area contributed by atoms with Crippen molar-refractivity contribution in [2.24, 2.45) is 11.7 Å². The molecule has 0 radical (unpaired) electrons. The molecule has 0 aliphatic carbocycles. The maximum Gasteiger partial charge on any atom is 0.290 e. The number of hydrogen-bond donors (Lipinski definition) is 2. The summed E-state index contributed by atoms with van der Waals surface area (Å²) in [7, 11) is 0. The molecule has 5 heteroatoms. The van der Waals surface area contributed by atoms with Crippen LogP contribution in [-0.2, 0) is 20.9 Å². The van der Waals surface area contributed by atoms with E-state index >= 15 is 0 Å². The van der Waals surface area contributed by atoms with E-state index in [9.17, 15) is 0 Å². The smallest absolute Gasteiger partial charge is 0.290 e. The van der Waals surface area contributed by atoms with Crippen molar-refractivity contribution in [2.45, 2.75) is 33.5 Å². The molecule has 1 atom stereocenters. The fourth-order valence-corrected chi connectivity index (χ4v) is 0.994. The molecule has 0 aliphatic rings. The molecule has 0 fully saturated rings. The van der Waals surface area contributed by atoms with Crippen LogP contribution in [0.3, 0.4) is 0 Å². The molecular formula is C14H23NO4. The summed E-state index contributed by atoms with van der Waals surface area (Å²) in [4.78, 5) is 16.9. The average Bonchev–Trinajstić information content (AvgIpc) is 2.39. The van der Waals surface area contributed by atoms with E-state index in [4.69, 9.17) is 19.4 Å². The van der Waals surface area contributed by atoms with Gasteiger partial charge >= 0.3 is 0 Å². The highest BCUT2D eigenvalue weighted by molar-refractivity contribution is 5.42. The van der Waals surface area contributed by atoms with Crippen molar-refractivity contribution >= 4 is 12.9 Å². The Morgan fingerprint density at radius 1 is 1.21 bits per heavy atom. The largest absolute Gasteiger partial charge is 0.483 e. The van der Waals surface area contributed by atoms with E-state index < -0.39 is 0 Å². The lowest BCUT2D eigenvalue weighted by Crippen LogP contribution is -2.14. The predicted octanol–water partition coefficient (Wildman–Crippen LogP) is 2.05. The lowest BCUT2D eigenvalue weighted by molar-refractivity contribution is -0.122. The SMILES string of the molecule is CC(C)C(C)OCc1ccccc1.NC=O.O=CO. The van der Waals surface area contributed by atoms with Gasteiger partial charge in [-0.3, -0.25) is 9.59 Å². The predicted molar refractivity (Wildman–Crippen MR) is 74.5 cm³/mol. The number of rotatable bonds is 4. The zero-order valence-corrected chi connectivity index (χ0v) is 11.7. The average molecular weight is 269 g/mol. The molecule has 1 rings (SSSR count). The first-order valence-electron chi connectivity index (χ1n) is 5.92. The summed E-state index contributed by atoms with van der Waals surface area (Å²) in [5.74, 6) is 0.587. The normalized spacial score (nSPS) is 10.3. The molecule has 0 saturated heterocycles. The molecule has 0 bridgehead atoms. The van der Waals surface area contributed by atoms with Gasteiger partial charge in [-0.2, -0.15) is 0 Å². The summed E-state index contributed by atoms with van der Waals surface area (Å²) < 4.78 is 5.69. The molecule has 0 aromatic heterocycles.